The first kappa shape index (κ1) is 16.2. The maximum atomic E-state index is 11.0. The summed E-state index contributed by atoms with van der Waals surface area (Å²) < 4.78 is 8.74. The van der Waals surface area contributed by atoms with Crippen LogP contribution >= 0.6 is 0 Å². The molecule has 0 saturated heterocycles. The Kier molecular flexibility index (Phi) is 7.53. The van der Waals surface area contributed by atoms with E-state index in [1.165, 1.54) is 0 Å². The normalized spacial score (nSPS) is 11.3. The van der Waals surface area contributed by atoms with E-state index in [0.29, 0.717) is 0 Å². The van der Waals surface area contributed by atoms with E-state index < -0.39 is 17.7 Å². The van der Waals surface area contributed by atoms with Crippen LogP contribution in [0.1, 0.15) is 27.2 Å². The van der Waals surface area contributed by atoms with Gasteiger partial charge in [-0.3, -0.25) is 0 Å². The number of esters is 1. The molecule has 7 heteroatoms. The van der Waals surface area contributed by atoms with E-state index >= 15 is 0 Å². The van der Waals surface area contributed by atoms with Crippen molar-refractivity contribution in [2.24, 2.45) is 0 Å². The van der Waals surface area contributed by atoms with Gasteiger partial charge in [0, 0.05) is 0 Å². The Labute approximate surface area is 105 Å². The minimum atomic E-state index is -1.42. The van der Waals surface area contributed by atoms with Crippen LogP contribution in [-0.2, 0) is 24.0 Å². The van der Waals surface area contributed by atoms with Crippen LogP contribution < -0.4 is 0 Å². The maximum absolute atomic E-state index is 11.0. The third-order valence-electron chi connectivity index (χ3n) is 1.94. The van der Waals surface area contributed by atoms with Crippen LogP contribution in [-0.4, -0.2) is 36.0 Å². The molecule has 0 bridgehead atoms. The number of hydrogen-bond acceptors (Lipinski definition) is 6. The molecule has 104 valence electrons. The Morgan fingerprint density at radius 3 is 2.39 bits per heavy atom. The van der Waals surface area contributed by atoms with Crippen molar-refractivity contribution in [3.05, 3.63) is 12.3 Å². The quantitative estimate of drug-likeness (QED) is 0.178. The van der Waals surface area contributed by atoms with Gasteiger partial charge in [-0.15, -0.1) is 0 Å². The van der Waals surface area contributed by atoms with Crippen molar-refractivity contribution in [3.63, 3.8) is 0 Å². The van der Waals surface area contributed by atoms with Crippen LogP contribution in [0.4, 0.5) is 4.79 Å². The lowest BCUT2D eigenvalue weighted by atomic mass is 10.1. The fraction of sp³-hybridized carbons (Fsp3) is 0.636. The second-order valence-corrected chi connectivity index (χ2v) is 3.88. The highest BCUT2D eigenvalue weighted by atomic mass is 17.2. The van der Waals surface area contributed by atoms with Crippen LogP contribution in [0.2, 0.25) is 0 Å². The average Bonchev–Trinajstić information content (AvgIpc) is 2.30. The lowest BCUT2D eigenvalue weighted by Crippen LogP contribution is -2.22. The molecule has 0 heterocycles. The Bertz CT molecular complexity index is 296. The minimum Gasteiger partial charge on any atom is -0.459 e. The molecule has 0 spiro atoms. The van der Waals surface area contributed by atoms with Crippen molar-refractivity contribution >= 4 is 12.1 Å². The molecular formula is C11H18O7. The van der Waals surface area contributed by atoms with Crippen LogP contribution in [0.3, 0.4) is 0 Å². The fourth-order valence-electron chi connectivity index (χ4n) is 0.620. The Morgan fingerprint density at radius 1 is 1.22 bits per heavy atom. The first-order valence-corrected chi connectivity index (χ1v) is 5.41. The number of hydrogen-bond donors (Lipinski definition) is 1. The van der Waals surface area contributed by atoms with E-state index in [9.17, 15) is 9.59 Å². The van der Waals surface area contributed by atoms with Crippen molar-refractivity contribution in [3.8, 4) is 0 Å². The number of rotatable bonds is 8. The number of carbonyl (C=O) groups is 2. The zero-order valence-electron chi connectivity index (χ0n) is 10.7. The molecule has 0 atom stereocenters. The van der Waals surface area contributed by atoms with E-state index in [1.807, 2.05) is 20.8 Å². The molecule has 0 amide bonds. The Balaban J connectivity index is 3.65. The summed E-state index contributed by atoms with van der Waals surface area (Å²) in [6.45, 7) is 5.24. The third kappa shape index (κ3) is 9.46. The molecule has 0 unspecified atom stereocenters. The van der Waals surface area contributed by atoms with Gasteiger partial charge < -0.3 is 19.5 Å². The lowest BCUT2D eigenvalue weighted by molar-refractivity contribution is -0.316. The largest absolute Gasteiger partial charge is 0.505 e. The van der Waals surface area contributed by atoms with Crippen LogP contribution in [0.5, 0.6) is 0 Å². The van der Waals surface area contributed by atoms with Gasteiger partial charge >= 0.3 is 12.1 Å². The summed E-state index contributed by atoms with van der Waals surface area (Å²) in [7, 11) is 0. The summed E-state index contributed by atoms with van der Waals surface area (Å²) in [5.41, 5.74) is -0.441. The van der Waals surface area contributed by atoms with Crippen LogP contribution in [0.15, 0.2) is 12.3 Å². The summed E-state index contributed by atoms with van der Waals surface area (Å²) in [6.07, 6.45) is 1.40. The zero-order valence-corrected chi connectivity index (χ0v) is 10.7. The van der Waals surface area contributed by atoms with Crippen LogP contribution in [0.25, 0.3) is 0 Å². The summed E-state index contributed by atoms with van der Waals surface area (Å²) in [6, 6.07) is 0. The topological polar surface area (TPSA) is 91.3 Å². The third-order valence-corrected chi connectivity index (χ3v) is 1.94. The van der Waals surface area contributed by atoms with E-state index in [0.717, 1.165) is 18.8 Å². The van der Waals surface area contributed by atoms with E-state index in [2.05, 4.69) is 9.47 Å². The van der Waals surface area contributed by atoms with E-state index in [4.69, 9.17) is 14.9 Å². The molecule has 0 fully saturated rings. The van der Waals surface area contributed by atoms with Gasteiger partial charge in [0.25, 0.3) is 0 Å². The van der Waals surface area contributed by atoms with Gasteiger partial charge in [-0.2, -0.15) is 4.89 Å². The van der Waals surface area contributed by atoms with Gasteiger partial charge in [-0.1, -0.05) is 6.92 Å². The van der Waals surface area contributed by atoms with Crippen molar-refractivity contribution in [2.45, 2.75) is 32.8 Å². The van der Waals surface area contributed by atoms with Gasteiger partial charge in [-0.05, 0) is 20.3 Å². The van der Waals surface area contributed by atoms with Gasteiger partial charge in [-0.25, -0.2) is 9.59 Å². The Morgan fingerprint density at radius 2 is 1.83 bits per heavy atom. The van der Waals surface area contributed by atoms with E-state index in [-0.39, 0.29) is 13.2 Å². The zero-order chi connectivity index (χ0) is 14.0. The predicted octanol–water partition coefficient (Wildman–Crippen LogP) is 1.87. The monoisotopic (exact) mass is 262 g/mol. The fourth-order valence-corrected chi connectivity index (χ4v) is 0.620. The van der Waals surface area contributed by atoms with Crippen molar-refractivity contribution in [1.82, 2.24) is 0 Å². The summed E-state index contributed by atoms with van der Waals surface area (Å²) in [5.74, 6) is -0.679. The average molecular weight is 262 g/mol. The molecule has 7 nitrogen and oxygen atoms in total. The predicted molar refractivity (Wildman–Crippen MR) is 60.6 cm³/mol. The first-order chi connectivity index (χ1) is 8.37. The summed E-state index contributed by atoms with van der Waals surface area (Å²) in [5, 5.41) is 8.14. The molecule has 0 aromatic carbocycles. The first-order valence-electron chi connectivity index (χ1n) is 5.41. The molecule has 0 rings (SSSR count). The van der Waals surface area contributed by atoms with Gasteiger partial charge in [0.15, 0.2) is 0 Å². The van der Waals surface area contributed by atoms with Crippen LogP contribution in [0, 0.1) is 0 Å². The van der Waals surface area contributed by atoms with Gasteiger partial charge in [0.2, 0.25) is 0 Å². The summed E-state index contributed by atoms with van der Waals surface area (Å²) in [4.78, 5) is 30.7. The molecule has 1 N–H and O–H groups in total. The van der Waals surface area contributed by atoms with Gasteiger partial charge in [0.05, 0.1) is 6.08 Å². The molecule has 0 aromatic heterocycles. The lowest BCUT2D eigenvalue weighted by Gasteiger charge is -2.19. The van der Waals surface area contributed by atoms with Crippen molar-refractivity contribution in [2.75, 3.05) is 13.2 Å². The highest BCUT2D eigenvalue weighted by Gasteiger charge is 2.16. The second-order valence-electron chi connectivity index (χ2n) is 3.88. The second kappa shape index (κ2) is 8.35. The highest BCUT2D eigenvalue weighted by Crippen LogP contribution is 2.13. The number of carbonyl (C=O) groups excluding carboxylic acids is 1. The maximum Gasteiger partial charge on any atom is 0.505 e. The molecule has 18 heavy (non-hydrogen) atoms. The molecule has 0 aliphatic rings. The smallest absolute Gasteiger partial charge is 0.459 e. The SMILES string of the molecule is CCC(C)(C)OOC=CC(=O)OCCOC(=O)O. The number of carboxylic acid groups (broad SMARTS) is 1. The van der Waals surface area contributed by atoms with E-state index in [1.54, 1.807) is 0 Å². The molecular weight excluding hydrogens is 244 g/mol. The molecule has 0 aromatic rings. The van der Waals surface area contributed by atoms with Crippen molar-refractivity contribution in [1.29, 1.82) is 0 Å². The minimum absolute atomic E-state index is 0.156. The van der Waals surface area contributed by atoms with Crippen molar-refractivity contribution < 1.29 is 33.9 Å². The Hall–Kier alpha value is -1.76. The molecule has 0 aliphatic heterocycles. The van der Waals surface area contributed by atoms with Gasteiger partial charge in [0.1, 0.15) is 25.1 Å². The summed E-state index contributed by atoms with van der Waals surface area (Å²) >= 11 is 0. The number of ether oxygens (including phenoxy) is 2. The highest BCUT2D eigenvalue weighted by molar-refractivity contribution is 5.81. The standard InChI is InChI=1S/C11H18O7/c1-4-11(2,3)18-17-6-5-9(12)15-7-8-16-10(13)14/h5-6H,4,7-8H2,1-3H3,(H,13,14). The molecule has 0 saturated carbocycles. The molecule has 0 aliphatic carbocycles. The molecule has 0 radical (unpaired) electrons.